The molecule has 8 aromatic rings. The van der Waals surface area contributed by atoms with Crippen LogP contribution >= 0.6 is 0 Å². The molecule has 0 aliphatic heterocycles. The first-order chi connectivity index (χ1) is 22.9. The van der Waals surface area contributed by atoms with Crippen LogP contribution in [0.2, 0.25) is 0 Å². The number of nitrogens with one attached hydrogen (secondary N) is 2. The van der Waals surface area contributed by atoms with Gasteiger partial charge in [-0.2, -0.15) is 0 Å². The van der Waals surface area contributed by atoms with Crippen LogP contribution in [0.3, 0.4) is 0 Å². The molecule has 2 nitrogen and oxygen atoms in total. The molecule has 2 heteroatoms. The monoisotopic (exact) mass is 588 g/mol. The van der Waals surface area contributed by atoms with Crippen LogP contribution in [-0.2, 0) is 0 Å². The van der Waals surface area contributed by atoms with Crippen LogP contribution in [0.4, 0.5) is 0 Å². The molecule has 0 aliphatic rings. The minimum atomic E-state index is 1.09. The number of H-pyrrole nitrogens is 2. The molecule has 0 spiro atoms. The van der Waals surface area contributed by atoms with E-state index in [9.17, 15) is 0 Å². The van der Waals surface area contributed by atoms with Crippen molar-refractivity contribution in [3.63, 3.8) is 0 Å². The second kappa shape index (κ2) is 12.1. The molecule has 2 aromatic heterocycles. The van der Waals surface area contributed by atoms with Crippen molar-refractivity contribution in [3.8, 4) is 78.4 Å². The Hall–Kier alpha value is -6.12. The van der Waals surface area contributed by atoms with Gasteiger partial charge in [0.15, 0.2) is 0 Å². The highest BCUT2D eigenvalue weighted by Gasteiger charge is 2.30. The maximum atomic E-state index is 3.97. The van der Waals surface area contributed by atoms with E-state index < -0.39 is 0 Å². The molecule has 2 N–H and O–H groups in total. The predicted molar refractivity (Wildman–Crippen MR) is 193 cm³/mol. The molecular formula is C44H32N2. The molecule has 0 saturated carbocycles. The molecule has 0 fully saturated rings. The SMILES string of the molecule is c1ccc(-c2[nH]c(-c3ccccc3)c(-c3c(-c4ccccc4)[nH]c(-c4ccccc4)c3-c3ccccc3)c2-c2ccccc2)cc1. The first-order valence-electron chi connectivity index (χ1n) is 15.7. The first-order valence-corrected chi connectivity index (χ1v) is 15.7. The topological polar surface area (TPSA) is 31.6 Å². The molecule has 46 heavy (non-hydrogen) atoms. The van der Waals surface area contributed by atoms with E-state index in [1.54, 1.807) is 0 Å². The second-order valence-corrected chi connectivity index (χ2v) is 11.4. The van der Waals surface area contributed by atoms with Gasteiger partial charge < -0.3 is 9.97 Å². The average Bonchev–Trinajstić information content (AvgIpc) is 3.74. The number of benzene rings is 6. The van der Waals surface area contributed by atoms with E-state index in [1.165, 1.54) is 22.3 Å². The van der Waals surface area contributed by atoms with Gasteiger partial charge in [-0.3, -0.25) is 0 Å². The van der Waals surface area contributed by atoms with Crippen LogP contribution in [0.1, 0.15) is 0 Å². The normalized spacial score (nSPS) is 11.0. The summed E-state index contributed by atoms with van der Waals surface area (Å²) in [5.74, 6) is 0. The van der Waals surface area contributed by atoms with Crippen molar-refractivity contribution in [3.05, 3.63) is 182 Å². The lowest BCUT2D eigenvalue weighted by atomic mass is 9.86. The first kappa shape index (κ1) is 27.4. The molecule has 6 aromatic carbocycles. The lowest BCUT2D eigenvalue weighted by molar-refractivity contribution is 1.38. The molecule has 0 radical (unpaired) electrons. The van der Waals surface area contributed by atoms with Gasteiger partial charge in [0.05, 0.1) is 22.8 Å². The average molecular weight is 589 g/mol. The van der Waals surface area contributed by atoms with Crippen molar-refractivity contribution in [2.24, 2.45) is 0 Å². The Balaban J connectivity index is 1.59. The van der Waals surface area contributed by atoms with Gasteiger partial charge in [0.25, 0.3) is 0 Å². The van der Waals surface area contributed by atoms with E-state index >= 15 is 0 Å². The molecular weight excluding hydrogens is 556 g/mol. The number of aromatic nitrogens is 2. The fourth-order valence-corrected chi connectivity index (χ4v) is 6.57. The summed E-state index contributed by atoms with van der Waals surface area (Å²) in [7, 11) is 0. The van der Waals surface area contributed by atoms with E-state index in [-0.39, 0.29) is 0 Å². The molecule has 2 heterocycles. The quantitative estimate of drug-likeness (QED) is 0.186. The van der Waals surface area contributed by atoms with Gasteiger partial charge in [-0.25, -0.2) is 0 Å². The molecule has 0 amide bonds. The van der Waals surface area contributed by atoms with Crippen molar-refractivity contribution in [2.75, 3.05) is 0 Å². The van der Waals surface area contributed by atoms with Gasteiger partial charge in [-0.15, -0.1) is 0 Å². The van der Waals surface area contributed by atoms with Crippen molar-refractivity contribution in [2.45, 2.75) is 0 Å². The summed E-state index contributed by atoms with van der Waals surface area (Å²) >= 11 is 0. The lowest BCUT2D eigenvalue weighted by Crippen LogP contribution is -1.90. The zero-order valence-electron chi connectivity index (χ0n) is 25.3. The van der Waals surface area contributed by atoms with E-state index in [1.807, 2.05) is 0 Å². The minimum absolute atomic E-state index is 1.09. The maximum Gasteiger partial charge on any atom is 0.0545 e. The van der Waals surface area contributed by atoms with E-state index in [2.05, 4.69) is 192 Å². The Kier molecular flexibility index (Phi) is 7.22. The Morgan fingerprint density at radius 3 is 0.630 bits per heavy atom. The third-order valence-corrected chi connectivity index (χ3v) is 8.62. The highest BCUT2D eigenvalue weighted by molar-refractivity contribution is 6.11. The minimum Gasteiger partial charge on any atom is -0.353 e. The largest absolute Gasteiger partial charge is 0.353 e. The van der Waals surface area contributed by atoms with Gasteiger partial charge >= 0.3 is 0 Å². The molecule has 0 aliphatic carbocycles. The van der Waals surface area contributed by atoms with Crippen LogP contribution in [-0.4, -0.2) is 9.97 Å². The number of rotatable bonds is 7. The number of hydrogen-bond acceptors (Lipinski definition) is 0. The Labute approximate surface area is 269 Å². The van der Waals surface area contributed by atoms with Crippen molar-refractivity contribution in [1.82, 2.24) is 9.97 Å². The second-order valence-electron chi connectivity index (χ2n) is 11.4. The fourth-order valence-electron chi connectivity index (χ4n) is 6.57. The van der Waals surface area contributed by atoms with Crippen molar-refractivity contribution >= 4 is 0 Å². The summed E-state index contributed by atoms with van der Waals surface area (Å²) in [5.41, 5.74) is 16.0. The van der Waals surface area contributed by atoms with Crippen LogP contribution < -0.4 is 0 Å². The summed E-state index contributed by atoms with van der Waals surface area (Å²) in [6.45, 7) is 0. The maximum absolute atomic E-state index is 3.97. The Morgan fingerprint density at radius 2 is 0.391 bits per heavy atom. The summed E-state index contributed by atoms with van der Waals surface area (Å²) in [6, 6.07) is 64.4. The highest BCUT2D eigenvalue weighted by atomic mass is 14.8. The third kappa shape index (κ3) is 4.96. The van der Waals surface area contributed by atoms with Crippen LogP contribution in [0.5, 0.6) is 0 Å². The zero-order valence-corrected chi connectivity index (χ0v) is 25.3. The molecule has 218 valence electrons. The van der Waals surface area contributed by atoms with Crippen LogP contribution in [0.15, 0.2) is 182 Å². The molecule has 0 bridgehead atoms. The number of hydrogen-bond donors (Lipinski definition) is 2. The van der Waals surface area contributed by atoms with Crippen LogP contribution in [0.25, 0.3) is 78.4 Å². The summed E-state index contributed by atoms with van der Waals surface area (Å²) in [6.07, 6.45) is 0. The van der Waals surface area contributed by atoms with Gasteiger partial charge in [0.2, 0.25) is 0 Å². The molecule has 0 unspecified atom stereocenters. The Bertz CT molecular complexity index is 2030. The summed E-state index contributed by atoms with van der Waals surface area (Å²) in [4.78, 5) is 7.94. The van der Waals surface area contributed by atoms with Gasteiger partial charge in [-0.1, -0.05) is 182 Å². The summed E-state index contributed by atoms with van der Waals surface area (Å²) in [5, 5.41) is 0. The molecule has 8 rings (SSSR count). The molecule has 0 atom stereocenters. The van der Waals surface area contributed by atoms with Gasteiger partial charge in [0, 0.05) is 22.3 Å². The Morgan fingerprint density at radius 1 is 0.196 bits per heavy atom. The van der Waals surface area contributed by atoms with Crippen LogP contribution in [0, 0.1) is 0 Å². The van der Waals surface area contributed by atoms with Crippen molar-refractivity contribution in [1.29, 1.82) is 0 Å². The van der Waals surface area contributed by atoms with E-state index in [0.717, 1.165) is 56.2 Å². The predicted octanol–water partition coefficient (Wildman–Crippen LogP) is 12.0. The third-order valence-electron chi connectivity index (χ3n) is 8.62. The smallest absolute Gasteiger partial charge is 0.0545 e. The summed E-state index contributed by atoms with van der Waals surface area (Å²) < 4.78 is 0. The van der Waals surface area contributed by atoms with Gasteiger partial charge in [-0.05, 0) is 33.4 Å². The van der Waals surface area contributed by atoms with Crippen molar-refractivity contribution < 1.29 is 0 Å². The number of aromatic amines is 2. The standard InChI is InChI=1S/C44H32N2/c1-7-19-31(20-8-1)37-39(43(35-27-15-5-16-28-35)45-41(37)33-23-11-3-12-24-33)40-38(32-21-9-2-10-22-32)42(34-25-13-4-14-26-34)46-44(40)36-29-17-6-18-30-36/h1-30,45-46H. The fraction of sp³-hybridized carbons (Fsp3) is 0. The lowest BCUT2D eigenvalue weighted by Gasteiger charge is -2.15. The highest BCUT2D eigenvalue weighted by Crippen LogP contribution is 2.53. The van der Waals surface area contributed by atoms with E-state index in [0.29, 0.717) is 0 Å². The van der Waals surface area contributed by atoms with Gasteiger partial charge in [0.1, 0.15) is 0 Å². The van der Waals surface area contributed by atoms with E-state index in [4.69, 9.17) is 0 Å². The molecule has 0 saturated heterocycles. The zero-order chi connectivity index (χ0) is 30.7.